The van der Waals surface area contributed by atoms with Crippen molar-refractivity contribution < 1.29 is 33.7 Å². The molecule has 0 aliphatic rings. The molecule has 0 spiro atoms. The second-order valence-corrected chi connectivity index (χ2v) is 10.8. The molecule has 7 nitrogen and oxygen atoms in total. The van der Waals surface area contributed by atoms with E-state index in [4.69, 9.17) is 14.6 Å². The van der Waals surface area contributed by atoms with Gasteiger partial charge in [0.2, 0.25) is 0 Å². The van der Waals surface area contributed by atoms with Crippen molar-refractivity contribution in [1.82, 2.24) is 4.90 Å². The van der Waals surface area contributed by atoms with Gasteiger partial charge < -0.3 is 24.6 Å². The van der Waals surface area contributed by atoms with Crippen LogP contribution >= 0.6 is 0 Å². The molecule has 0 heterocycles. The summed E-state index contributed by atoms with van der Waals surface area (Å²) >= 11 is 0. The van der Waals surface area contributed by atoms with Gasteiger partial charge >= 0.3 is 11.9 Å². The second kappa shape index (κ2) is 17.1. The van der Waals surface area contributed by atoms with Crippen LogP contribution in [0.2, 0.25) is 0 Å². The monoisotopic (exact) mass is 579 g/mol. The summed E-state index contributed by atoms with van der Waals surface area (Å²) in [5, 5.41) is 18.1. The molecule has 0 radical (unpaired) electrons. The van der Waals surface area contributed by atoms with E-state index in [2.05, 4.69) is 11.0 Å². The Morgan fingerprint density at radius 2 is 1.50 bits per heavy atom. The minimum atomic E-state index is -0.865. The number of halogens is 1. The molecule has 0 fully saturated rings. The standard InChI is InChI=1S/C34H42FNO6/c1-36(2)24-25-20-28(27-12-7-13-29(35)22-27)23-30(21-25)41-18-6-4-3-5-10-26-11-8-14-32(31(26)16-17-34(39)40)42-19-9-15-33(37)38/h7-8,11-14,20-23H,3-6,9-10,15-19,24H2,1-2H3,(H,37,38)(H,39,40). The van der Waals surface area contributed by atoms with Crippen molar-refractivity contribution in [3.63, 3.8) is 0 Å². The summed E-state index contributed by atoms with van der Waals surface area (Å²) in [6, 6.07) is 18.4. The molecule has 2 N–H and O–H groups in total. The van der Waals surface area contributed by atoms with Crippen molar-refractivity contribution in [2.45, 2.75) is 64.3 Å². The van der Waals surface area contributed by atoms with Gasteiger partial charge in [0.25, 0.3) is 0 Å². The lowest BCUT2D eigenvalue weighted by Gasteiger charge is -2.16. The quantitative estimate of drug-likeness (QED) is 0.148. The average Bonchev–Trinajstić information content (AvgIpc) is 2.93. The molecule has 3 aromatic carbocycles. The van der Waals surface area contributed by atoms with E-state index >= 15 is 0 Å². The number of hydrogen-bond donors (Lipinski definition) is 2. The van der Waals surface area contributed by atoms with Crippen molar-refractivity contribution in [2.75, 3.05) is 27.3 Å². The summed E-state index contributed by atoms with van der Waals surface area (Å²) in [5.41, 5.74) is 4.81. The third-order valence-corrected chi connectivity index (χ3v) is 6.84. The van der Waals surface area contributed by atoms with E-state index in [0.29, 0.717) is 25.2 Å². The molecular weight excluding hydrogens is 537 g/mol. The lowest BCUT2D eigenvalue weighted by atomic mass is 9.97. The maximum atomic E-state index is 13.8. The normalized spacial score (nSPS) is 11.0. The van der Waals surface area contributed by atoms with Crippen LogP contribution in [0.3, 0.4) is 0 Å². The molecule has 8 heteroatoms. The molecule has 3 aromatic rings. The Bertz CT molecular complexity index is 1310. The van der Waals surface area contributed by atoms with E-state index in [0.717, 1.165) is 72.2 Å². The molecule has 0 unspecified atom stereocenters. The van der Waals surface area contributed by atoms with Crippen molar-refractivity contribution in [2.24, 2.45) is 0 Å². The van der Waals surface area contributed by atoms with E-state index in [1.807, 2.05) is 50.5 Å². The number of rotatable bonds is 19. The van der Waals surface area contributed by atoms with Crippen LogP contribution in [0.15, 0.2) is 60.7 Å². The number of aliphatic carboxylic acids is 2. The molecule has 0 aliphatic heterocycles. The van der Waals surface area contributed by atoms with Gasteiger partial charge in [-0.15, -0.1) is 0 Å². The number of nitrogens with zero attached hydrogens (tertiary/aromatic N) is 1. The topological polar surface area (TPSA) is 96.3 Å². The van der Waals surface area contributed by atoms with Crippen LogP contribution in [0.1, 0.15) is 61.6 Å². The van der Waals surface area contributed by atoms with Crippen LogP contribution in [-0.4, -0.2) is 54.4 Å². The van der Waals surface area contributed by atoms with Crippen LogP contribution < -0.4 is 9.47 Å². The van der Waals surface area contributed by atoms with Crippen LogP contribution in [0.25, 0.3) is 11.1 Å². The first kappa shape index (κ1) is 32.6. The summed E-state index contributed by atoms with van der Waals surface area (Å²) in [6.07, 6.45) is 5.46. The Labute approximate surface area is 247 Å². The van der Waals surface area contributed by atoms with Crippen LogP contribution in [0, 0.1) is 5.82 Å². The molecule has 0 bridgehead atoms. The average molecular weight is 580 g/mol. The number of carboxylic acid groups (broad SMARTS) is 2. The largest absolute Gasteiger partial charge is 0.494 e. The van der Waals surface area contributed by atoms with E-state index in [1.165, 1.54) is 12.1 Å². The lowest BCUT2D eigenvalue weighted by Crippen LogP contribution is -2.11. The van der Waals surface area contributed by atoms with E-state index in [1.54, 1.807) is 6.07 Å². The number of benzene rings is 3. The van der Waals surface area contributed by atoms with E-state index in [-0.39, 0.29) is 25.3 Å². The van der Waals surface area contributed by atoms with Gasteiger partial charge in [0, 0.05) is 19.4 Å². The fourth-order valence-electron chi connectivity index (χ4n) is 4.90. The molecule has 0 saturated heterocycles. The minimum Gasteiger partial charge on any atom is -0.494 e. The third-order valence-electron chi connectivity index (χ3n) is 6.84. The molecule has 0 amide bonds. The van der Waals surface area contributed by atoms with E-state index < -0.39 is 11.9 Å². The van der Waals surface area contributed by atoms with Crippen LogP contribution in [0.5, 0.6) is 11.5 Å². The van der Waals surface area contributed by atoms with Gasteiger partial charge in [-0.2, -0.15) is 0 Å². The lowest BCUT2D eigenvalue weighted by molar-refractivity contribution is -0.138. The van der Waals surface area contributed by atoms with Crippen molar-refractivity contribution in [3.8, 4) is 22.6 Å². The smallest absolute Gasteiger partial charge is 0.303 e. The minimum absolute atomic E-state index is 0.0104. The predicted octanol–water partition coefficient (Wildman–Crippen LogP) is 7.00. The number of carboxylic acids is 2. The van der Waals surface area contributed by atoms with Gasteiger partial charge in [-0.3, -0.25) is 9.59 Å². The zero-order chi connectivity index (χ0) is 30.3. The van der Waals surface area contributed by atoms with Gasteiger partial charge in [-0.25, -0.2) is 4.39 Å². The highest BCUT2D eigenvalue weighted by Crippen LogP contribution is 2.28. The highest BCUT2D eigenvalue weighted by Gasteiger charge is 2.12. The summed E-state index contributed by atoms with van der Waals surface area (Å²) in [6.45, 7) is 1.61. The number of unbranched alkanes of at least 4 members (excludes halogenated alkanes) is 3. The summed E-state index contributed by atoms with van der Waals surface area (Å²) in [7, 11) is 4.02. The maximum absolute atomic E-state index is 13.8. The van der Waals surface area contributed by atoms with Gasteiger partial charge in [-0.05, 0) is 110 Å². The Morgan fingerprint density at radius 1 is 0.762 bits per heavy atom. The third kappa shape index (κ3) is 11.5. The fraction of sp³-hybridized carbons (Fsp3) is 0.412. The van der Waals surface area contributed by atoms with Gasteiger partial charge in [0.15, 0.2) is 0 Å². The first-order valence-electron chi connectivity index (χ1n) is 14.6. The fourth-order valence-corrected chi connectivity index (χ4v) is 4.90. The predicted molar refractivity (Wildman–Crippen MR) is 162 cm³/mol. The Hall–Kier alpha value is -3.91. The van der Waals surface area contributed by atoms with Crippen molar-refractivity contribution >= 4 is 11.9 Å². The maximum Gasteiger partial charge on any atom is 0.303 e. The Balaban J connectivity index is 1.51. The Morgan fingerprint density at radius 3 is 2.24 bits per heavy atom. The summed E-state index contributed by atoms with van der Waals surface area (Å²) < 4.78 is 25.8. The SMILES string of the molecule is CN(C)Cc1cc(OCCCCCCc2cccc(OCCCC(=O)O)c2CCC(=O)O)cc(-c2cccc(F)c2)c1. The summed E-state index contributed by atoms with van der Waals surface area (Å²) in [5.74, 6) is -0.581. The summed E-state index contributed by atoms with van der Waals surface area (Å²) in [4.78, 5) is 24.1. The number of hydrogen-bond acceptors (Lipinski definition) is 5. The number of carbonyl (C=O) groups is 2. The van der Waals surface area contributed by atoms with Crippen molar-refractivity contribution in [3.05, 3.63) is 83.2 Å². The zero-order valence-corrected chi connectivity index (χ0v) is 24.6. The van der Waals surface area contributed by atoms with Gasteiger partial charge in [0.1, 0.15) is 17.3 Å². The van der Waals surface area contributed by atoms with Crippen LogP contribution in [0.4, 0.5) is 4.39 Å². The molecule has 0 atom stereocenters. The zero-order valence-electron chi connectivity index (χ0n) is 24.6. The highest BCUT2D eigenvalue weighted by atomic mass is 19.1. The highest BCUT2D eigenvalue weighted by molar-refractivity contribution is 5.68. The van der Waals surface area contributed by atoms with Crippen molar-refractivity contribution in [1.29, 1.82) is 0 Å². The second-order valence-electron chi connectivity index (χ2n) is 10.8. The molecule has 226 valence electrons. The molecule has 3 rings (SSSR count). The molecule has 42 heavy (non-hydrogen) atoms. The van der Waals surface area contributed by atoms with Gasteiger partial charge in [0.05, 0.1) is 13.2 Å². The molecular formula is C34H42FNO6. The first-order valence-corrected chi connectivity index (χ1v) is 14.6. The Kier molecular flexibility index (Phi) is 13.3. The molecule has 0 aromatic heterocycles. The molecule has 0 aliphatic carbocycles. The number of ether oxygens (including phenoxy) is 2. The first-order chi connectivity index (χ1) is 20.2. The number of aryl methyl sites for hydroxylation is 1. The van der Waals surface area contributed by atoms with E-state index in [9.17, 15) is 19.1 Å². The molecule has 0 saturated carbocycles. The van der Waals surface area contributed by atoms with Crippen LogP contribution in [-0.2, 0) is 29.0 Å². The van der Waals surface area contributed by atoms with Gasteiger partial charge in [-0.1, -0.05) is 37.1 Å².